The van der Waals surface area contributed by atoms with Gasteiger partial charge in [0.15, 0.2) is 0 Å². The van der Waals surface area contributed by atoms with E-state index in [9.17, 15) is 9.90 Å². The first-order valence-electron chi connectivity index (χ1n) is 8.98. The molecule has 4 N–H and O–H groups in total. The normalized spacial score (nSPS) is 11.1. The van der Waals surface area contributed by atoms with Crippen LogP contribution in [0.15, 0.2) is 36.4 Å². The maximum atomic E-state index is 11.8. The van der Waals surface area contributed by atoms with Crippen LogP contribution in [-0.2, 0) is 6.42 Å². The molecular formula is C21H24ClN3O2. The summed E-state index contributed by atoms with van der Waals surface area (Å²) in [6, 6.07) is 11.4. The lowest BCUT2D eigenvalue weighted by molar-refractivity contribution is 0.0699. The number of rotatable bonds is 7. The lowest BCUT2D eigenvalue weighted by Gasteiger charge is -2.13. The van der Waals surface area contributed by atoms with Crippen molar-refractivity contribution >= 4 is 34.2 Å². The molecule has 1 aromatic heterocycles. The number of unbranched alkanes of at least 4 members (excludes halogenated alkanes) is 1. The number of aromatic carboxylic acids is 1. The van der Waals surface area contributed by atoms with Gasteiger partial charge >= 0.3 is 5.97 Å². The number of fused-ring (bicyclic) bond motifs is 1. The van der Waals surface area contributed by atoms with Crippen LogP contribution in [0.3, 0.4) is 0 Å². The molecule has 27 heavy (non-hydrogen) atoms. The number of hydrogen-bond acceptors (Lipinski definition) is 3. The van der Waals surface area contributed by atoms with Crippen molar-refractivity contribution in [2.45, 2.75) is 19.3 Å². The van der Waals surface area contributed by atoms with Gasteiger partial charge in [0.25, 0.3) is 0 Å². The van der Waals surface area contributed by atoms with E-state index in [4.69, 9.17) is 17.3 Å². The van der Waals surface area contributed by atoms with E-state index in [0.717, 1.165) is 41.8 Å². The zero-order valence-electron chi connectivity index (χ0n) is 15.6. The largest absolute Gasteiger partial charge is 0.478 e. The van der Waals surface area contributed by atoms with Crippen LogP contribution in [0.5, 0.6) is 0 Å². The molecule has 1 heterocycles. The third-order valence-corrected chi connectivity index (χ3v) is 5.11. The van der Waals surface area contributed by atoms with E-state index in [1.54, 1.807) is 12.1 Å². The summed E-state index contributed by atoms with van der Waals surface area (Å²) < 4.78 is 0. The summed E-state index contributed by atoms with van der Waals surface area (Å²) in [5, 5.41) is 10.9. The first-order chi connectivity index (χ1) is 12.9. The zero-order valence-corrected chi connectivity index (χ0v) is 16.3. The Labute approximate surface area is 163 Å². The monoisotopic (exact) mass is 385 g/mol. The Balaban J connectivity index is 2.21. The highest BCUT2D eigenvalue weighted by molar-refractivity contribution is 6.36. The van der Waals surface area contributed by atoms with Crippen molar-refractivity contribution in [1.29, 1.82) is 0 Å². The molecule has 6 heteroatoms. The first kappa shape index (κ1) is 19.3. The number of anilines is 1. The van der Waals surface area contributed by atoms with Crippen molar-refractivity contribution in [2.75, 3.05) is 25.5 Å². The van der Waals surface area contributed by atoms with Crippen LogP contribution < -0.4 is 10.6 Å². The number of hydrogen-bond donors (Lipinski definition) is 3. The van der Waals surface area contributed by atoms with Gasteiger partial charge in [0, 0.05) is 30.9 Å². The second kappa shape index (κ2) is 8.03. The predicted octanol–water partition coefficient (Wildman–Crippen LogP) is 4.53. The maximum Gasteiger partial charge on any atom is 0.336 e. The van der Waals surface area contributed by atoms with Crippen LogP contribution in [0.1, 0.15) is 28.8 Å². The fraction of sp³-hybridized carbons (Fsp3) is 0.286. The Hall–Kier alpha value is -2.50. The second-order valence-corrected chi connectivity index (χ2v) is 7.22. The van der Waals surface area contributed by atoms with Gasteiger partial charge in [-0.15, -0.1) is 0 Å². The summed E-state index contributed by atoms with van der Waals surface area (Å²) >= 11 is 6.38. The molecule has 0 bridgehead atoms. The summed E-state index contributed by atoms with van der Waals surface area (Å²) in [6.45, 7) is 0.613. The van der Waals surface area contributed by atoms with Crippen LogP contribution in [0, 0.1) is 0 Å². The molecule has 0 aliphatic rings. The smallest absolute Gasteiger partial charge is 0.336 e. The molecule has 3 rings (SSSR count). The number of aromatic amines is 1. The SMILES string of the molecule is CN(C)c1ccc(-c2[nH]c3c(Cl)ccc(C(=O)O)c3c2CCCCN)cc1. The molecule has 3 aromatic rings. The lowest BCUT2D eigenvalue weighted by Crippen LogP contribution is -2.08. The molecule has 0 unspecified atom stereocenters. The molecule has 0 radical (unpaired) electrons. The summed E-state index contributed by atoms with van der Waals surface area (Å²) in [5.41, 5.74) is 10.6. The van der Waals surface area contributed by atoms with Gasteiger partial charge in [-0.1, -0.05) is 23.7 Å². The minimum Gasteiger partial charge on any atom is -0.478 e. The van der Waals surface area contributed by atoms with Gasteiger partial charge in [-0.25, -0.2) is 4.79 Å². The summed E-state index contributed by atoms with van der Waals surface area (Å²) in [7, 11) is 3.99. The van der Waals surface area contributed by atoms with E-state index in [-0.39, 0.29) is 5.56 Å². The minimum absolute atomic E-state index is 0.268. The van der Waals surface area contributed by atoms with Gasteiger partial charge in [-0.05, 0) is 61.2 Å². The van der Waals surface area contributed by atoms with Crippen LogP contribution in [0.25, 0.3) is 22.2 Å². The Bertz CT molecular complexity index is 962. The number of nitrogens with zero attached hydrogens (tertiary/aromatic N) is 1. The van der Waals surface area contributed by atoms with E-state index < -0.39 is 5.97 Å². The summed E-state index contributed by atoms with van der Waals surface area (Å²) in [6.07, 6.45) is 2.51. The van der Waals surface area contributed by atoms with E-state index in [0.29, 0.717) is 22.5 Å². The van der Waals surface area contributed by atoms with Gasteiger partial charge < -0.3 is 20.7 Å². The zero-order chi connectivity index (χ0) is 19.6. The lowest BCUT2D eigenvalue weighted by atomic mass is 9.97. The van der Waals surface area contributed by atoms with Gasteiger partial charge in [0.1, 0.15) is 0 Å². The molecule has 0 fully saturated rings. The fourth-order valence-electron chi connectivity index (χ4n) is 3.39. The highest BCUT2D eigenvalue weighted by atomic mass is 35.5. The Morgan fingerprint density at radius 2 is 1.85 bits per heavy atom. The number of nitrogens with two attached hydrogens (primary N) is 1. The third-order valence-electron chi connectivity index (χ3n) is 4.79. The molecule has 0 amide bonds. The highest BCUT2D eigenvalue weighted by Gasteiger charge is 2.20. The summed E-state index contributed by atoms with van der Waals surface area (Å²) in [4.78, 5) is 17.2. The number of aryl methyl sites for hydroxylation is 1. The van der Waals surface area contributed by atoms with Crippen LogP contribution >= 0.6 is 11.6 Å². The Morgan fingerprint density at radius 3 is 2.44 bits per heavy atom. The molecule has 0 aliphatic carbocycles. The molecule has 0 saturated carbocycles. The van der Waals surface area contributed by atoms with Gasteiger partial charge in [-0.3, -0.25) is 0 Å². The number of halogens is 1. The first-order valence-corrected chi connectivity index (χ1v) is 9.36. The van der Waals surface area contributed by atoms with Crippen LogP contribution in [0.2, 0.25) is 5.02 Å². The molecule has 0 saturated heterocycles. The average molecular weight is 386 g/mol. The summed E-state index contributed by atoms with van der Waals surface area (Å²) in [5.74, 6) is -0.953. The molecule has 142 valence electrons. The maximum absolute atomic E-state index is 11.8. The average Bonchev–Trinajstić information content (AvgIpc) is 3.02. The van der Waals surface area contributed by atoms with E-state index in [1.165, 1.54) is 0 Å². The molecule has 0 aliphatic heterocycles. The van der Waals surface area contributed by atoms with Gasteiger partial charge in [0.05, 0.1) is 16.1 Å². The van der Waals surface area contributed by atoms with E-state index in [2.05, 4.69) is 4.98 Å². The standard InChI is InChI=1S/C21H24ClN3O2/c1-25(2)14-8-6-13(7-9-14)19-15(5-3-4-12-23)18-16(21(26)27)10-11-17(22)20(18)24-19/h6-11,24H,3-5,12,23H2,1-2H3,(H,26,27). The third kappa shape index (κ3) is 3.80. The Kier molecular flexibility index (Phi) is 5.73. The number of H-pyrrole nitrogens is 1. The van der Waals surface area contributed by atoms with Gasteiger partial charge in [0.2, 0.25) is 0 Å². The van der Waals surface area contributed by atoms with Crippen molar-refractivity contribution < 1.29 is 9.90 Å². The molecule has 0 spiro atoms. The number of carbonyl (C=O) groups is 1. The predicted molar refractivity (Wildman–Crippen MR) is 112 cm³/mol. The van der Waals surface area contributed by atoms with Crippen LogP contribution in [-0.4, -0.2) is 36.7 Å². The number of benzene rings is 2. The quantitative estimate of drug-likeness (QED) is 0.521. The molecular weight excluding hydrogens is 362 g/mol. The van der Waals surface area contributed by atoms with Crippen molar-refractivity contribution in [2.24, 2.45) is 5.73 Å². The van der Waals surface area contributed by atoms with Crippen molar-refractivity contribution in [1.82, 2.24) is 4.98 Å². The van der Waals surface area contributed by atoms with Crippen molar-refractivity contribution in [3.63, 3.8) is 0 Å². The molecule has 2 aromatic carbocycles. The van der Waals surface area contributed by atoms with Crippen LogP contribution in [0.4, 0.5) is 5.69 Å². The number of carboxylic acids is 1. The van der Waals surface area contributed by atoms with E-state index in [1.807, 2.05) is 43.3 Å². The van der Waals surface area contributed by atoms with Crippen molar-refractivity contribution in [3.05, 3.63) is 52.5 Å². The number of aromatic nitrogens is 1. The highest BCUT2D eigenvalue weighted by Crippen LogP contribution is 2.37. The molecule has 0 atom stereocenters. The fourth-order valence-corrected chi connectivity index (χ4v) is 3.59. The number of nitrogens with one attached hydrogen (secondary N) is 1. The minimum atomic E-state index is -0.953. The van der Waals surface area contributed by atoms with Gasteiger partial charge in [-0.2, -0.15) is 0 Å². The van der Waals surface area contributed by atoms with Crippen molar-refractivity contribution in [3.8, 4) is 11.3 Å². The Morgan fingerprint density at radius 1 is 1.15 bits per heavy atom. The van der Waals surface area contributed by atoms with E-state index >= 15 is 0 Å². The second-order valence-electron chi connectivity index (χ2n) is 6.82. The number of carboxylic acid groups (broad SMARTS) is 1. The topological polar surface area (TPSA) is 82.3 Å². The molecule has 5 nitrogen and oxygen atoms in total.